The fourth-order valence-corrected chi connectivity index (χ4v) is 1.36. The van der Waals surface area contributed by atoms with Gasteiger partial charge in [-0.1, -0.05) is 0 Å². The molecule has 0 N–H and O–H groups in total. The van der Waals surface area contributed by atoms with Crippen molar-refractivity contribution in [2.24, 2.45) is 0 Å². The molecule has 19 heavy (non-hydrogen) atoms. The minimum atomic E-state index is -0.699. The quantitative estimate of drug-likeness (QED) is 0.557. The van der Waals surface area contributed by atoms with Crippen LogP contribution in [0.15, 0.2) is 24.3 Å². The van der Waals surface area contributed by atoms with Crippen LogP contribution in [-0.2, 0) is 9.53 Å². The summed E-state index contributed by atoms with van der Waals surface area (Å²) in [6.45, 7) is 1.95. The molecule has 0 heterocycles. The maximum absolute atomic E-state index is 11.3. The van der Waals surface area contributed by atoms with E-state index in [0.717, 1.165) is 11.5 Å². The first-order valence-corrected chi connectivity index (χ1v) is 6.01. The Morgan fingerprint density at radius 2 is 1.95 bits per heavy atom. The number of nitriles is 1. The standard InChI is InChI=1S/C14H17NO4/c1-11(10-15)19-14(16)4-3-9-18-13-7-5-12(17-2)6-8-13/h5-8,11H,3-4,9H2,1-2H3. The number of rotatable bonds is 7. The van der Waals surface area contributed by atoms with E-state index in [2.05, 4.69) is 0 Å². The maximum Gasteiger partial charge on any atom is 0.307 e. The molecule has 1 aromatic rings. The Labute approximate surface area is 112 Å². The summed E-state index contributed by atoms with van der Waals surface area (Å²) in [6, 6.07) is 9.05. The van der Waals surface area contributed by atoms with Crippen LogP contribution in [0.4, 0.5) is 0 Å². The van der Waals surface area contributed by atoms with E-state index in [1.165, 1.54) is 6.92 Å². The second-order valence-electron chi connectivity index (χ2n) is 3.89. The number of benzene rings is 1. The molecule has 0 saturated carbocycles. The summed E-state index contributed by atoms with van der Waals surface area (Å²) in [7, 11) is 1.60. The van der Waals surface area contributed by atoms with Gasteiger partial charge in [-0.05, 0) is 37.6 Å². The molecule has 0 radical (unpaired) electrons. The molecule has 0 aliphatic carbocycles. The van der Waals surface area contributed by atoms with E-state index in [0.29, 0.717) is 13.0 Å². The first-order valence-electron chi connectivity index (χ1n) is 6.01. The summed E-state index contributed by atoms with van der Waals surface area (Å²) in [5.74, 6) is 1.10. The van der Waals surface area contributed by atoms with Gasteiger partial charge in [0.15, 0.2) is 6.10 Å². The highest BCUT2D eigenvalue weighted by Gasteiger charge is 2.07. The van der Waals surface area contributed by atoms with Crippen LogP contribution in [0.1, 0.15) is 19.8 Å². The van der Waals surface area contributed by atoms with Gasteiger partial charge in [0.05, 0.1) is 13.7 Å². The fraction of sp³-hybridized carbons (Fsp3) is 0.429. The highest BCUT2D eigenvalue weighted by Crippen LogP contribution is 2.17. The molecule has 0 aliphatic rings. The molecule has 1 rings (SSSR count). The topological polar surface area (TPSA) is 68.6 Å². The van der Waals surface area contributed by atoms with Crippen molar-refractivity contribution in [1.82, 2.24) is 0 Å². The van der Waals surface area contributed by atoms with E-state index in [9.17, 15) is 4.79 Å². The number of carbonyl (C=O) groups is 1. The van der Waals surface area contributed by atoms with Gasteiger partial charge in [-0.2, -0.15) is 5.26 Å². The summed E-state index contributed by atoms with van der Waals surface area (Å²) in [4.78, 5) is 11.3. The van der Waals surface area contributed by atoms with E-state index in [-0.39, 0.29) is 12.4 Å². The Kier molecular flexibility index (Phi) is 6.23. The summed E-state index contributed by atoms with van der Waals surface area (Å²) >= 11 is 0. The predicted octanol–water partition coefficient (Wildman–Crippen LogP) is 2.31. The van der Waals surface area contributed by atoms with Crippen LogP contribution < -0.4 is 9.47 Å². The summed E-state index contributed by atoms with van der Waals surface area (Å²) in [5, 5.41) is 8.48. The number of methoxy groups -OCH3 is 1. The third kappa shape index (κ3) is 5.77. The first kappa shape index (κ1) is 14.8. The monoisotopic (exact) mass is 263 g/mol. The number of hydrogen-bond acceptors (Lipinski definition) is 5. The molecule has 5 heteroatoms. The van der Waals surface area contributed by atoms with Gasteiger partial charge >= 0.3 is 5.97 Å². The third-order valence-corrected chi connectivity index (χ3v) is 2.34. The van der Waals surface area contributed by atoms with Crippen LogP contribution in [0.3, 0.4) is 0 Å². The van der Waals surface area contributed by atoms with E-state index in [4.69, 9.17) is 19.5 Å². The van der Waals surface area contributed by atoms with Gasteiger partial charge in [0.2, 0.25) is 0 Å². The van der Waals surface area contributed by atoms with Gasteiger partial charge in [0.1, 0.15) is 17.6 Å². The first-order chi connectivity index (χ1) is 9.15. The fourth-order valence-electron chi connectivity index (χ4n) is 1.36. The number of carbonyl (C=O) groups excluding carboxylic acids is 1. The van der Waals surface area contributed by atoms with Crippen LogP contribution in [0.2, 0.25) is 0 Å². The van der Waals surface area contributed by atoms with Crippen LogP contribution >= 0.6 is 0 Å². The largest absolute Gasteiger partial charge is 0.497 e. The molecule has 0 bridgehead atoms. The molecule has 1 aromatic carbocycles. The van der Waals surface area contributed by atoms with E-state index < -0.39 is 6.10 Å². The molecule has 0 aromatic heterocycles. The lowest BCUT2D eigenvalue weighted by Gasteiger charge is -2.08. The lowest BCUT2D eigenvalue weighted by Crippen LogP contribution is -2.13. The van der Waals surface area contributed by atoms with Crippen molar-refractivity contribution in [1.29, 1.82) is 5.26 Å². The van der Waals surface area contributed by atoms with Crippen LogP contribution in [0.25, 0.3) is 0 Å². The number of nitrogens with zero attached hydrogens (tertiary/aromatic N) is 1. The molecule has 1 atom stereocenters. The predicted molar refractivity (Wildman–Crippen MR) is 68.9 cm³/mol. The molecule has 0 spiro atoms. The molecular formula is C14H17NO4. The smallest absolute Gasteiger partial charge is 0.307 e. The normalized spacial score (nSPS) is 11.2. The molecule has 0 aliphatic heterocycles. The minimum absolute atomic E-state index is 0.238. The average Bonchev–Trinajstić information content (AvgIpc) is 2.44. The summed E-state index contributed by atoms with van der Waals surface area (Å²) in [6.07, 6.45) is 0.0839. The van der Waals surface area contributed by atoms with Gasteiger partial charge in [-0.25, -0.2) is 0 Å². The molecule has 0 amide bonds. The average molecular weight is 263 g/mol. The number of ether oxygens (including phenoxy) is 3. The van der Waals surface area contributed by atoms with Crippen LogP contribution in [0.5, 0.6) is 11.5 Å². The molecule has 0 fully saturated rings. The van der Waals surface area contributed by atoms with Gasteiger partial charge in [0.25, 0.3) is 0 Å². The zero-order valence-corrected chi connectivity index (χ0v) is 11.1. The number of esters is 1. The minimum Gasteiger partial charge on any atom is -0.497 e. The SMILES string of the molecule is COc1ccc(OCCCC(=O)OC(C)C#N)cc1. The Balaban J connectivity index is 2.20. The lowest BCUT2D eigenvalue weighted by atomic mass is 10.3. The van der Waals surface area contributed by atoms with Crippen molar-refractivity contribution in [3.63, 3.8) is 0 Å². The molecule has 1 unspecified atom stereocenters. The van der Waals surface area contributed by atoms with Gasteiger partial charge in [-0.3, -0.25) is 4.79 Å². The van der Waals surface area contributed by atoms with Crippen LogP contribution in [0, 0.1) is 11.3 Å². The number of hydrogen-bond donors (Lipinski definition) is 0. The zero-order valence-electron chi connectivity index (χ0n) is 11.1. The van der Waals surface area contributed by atoms with Crippen molar-refractivity contribution in [2.75, 3.05) is 13.7 Å². The van der Waals surface area contributed by atoms with E-state index >= 15 is 0 Å². The van der Waals surface area contributed by atoms with Crippen molar-refractivity contribution < 1.29 is 19.0 Å². The third-order valence-electron chi connectivity index (χ3n) is 2.34. The highest BCUT2D eigenvalue weighted by atomic mass is 16.5. The van der Waals surface area contributed by atoms with Crippen LogP contribution in [-0.4, -0.2) is 25.8 Å². The lowest BCUT2D eigenvalue weighted by molar-refractivity contribution is -0.146. The second-order valence-corrected chi connectivity index (χ2v) is 3.89. The van der Waals surface area contributed by atoms with E-state index in [1.807, 2.05) is 6.07 Å². The van der Waals surface area contributed by atoms with Gasteiger partial charge in [0, 0.05) is 6.42 Å². The molecule has 0 saturated heterocycles. The summed E-state index contributed by atoms with van der Waals surface area (Å²) in [5.41, 5.74) is 0. The Hall–Kier alpha value is -2.22. The Morgan fingerprint density at radius 1 is 1.32 bits per heavy atom. The highest BCUT2D eigenvalue weighted by molar-refractivity contribution is 5.69. The molecule has 102 valence electrons. The van der Waals surface area contributed by atoms with E-state index in [1.54, 1.807) is 31.4 Å². The zero-order chi connectivity index (χ0) is 14.1. The van der Waals surface area contributed by atoms with Gasteiger partial charge < -0.3 is 14.2 Å². The molecular weight excluding hydrogens is 246 g/mol. The maximum atomic E-state index is 11.3. The van der Waals surface area contributed by atoms with Crippen molar-refractivity contribution >= 4 is 5.97 Å². The second kappa shape index (κ2) is 7.98. The van der Waals surface area contributed by atoms with Crippen molar-refractivity contribution in [3.8, 4) is 17.6 Å². The molecule has 5 nitrogen and oxygen atoms in total. The van der Waals surface area contributed by atoms with Crippen molar-refractivity contribution in [2.45, 2.75) is 25.9 Å². The summed E-state index contributed by atoms with van der Waals surface area (Å²) < 4.78 is 15.3. The van der Waals surface area contributed by atoms with Gasteiger partial charge in [-0.15, -0.1) is 0 Å². The Bertz CT molecular complexity index is 436. The van der Waals surface area contributed by atoms with Crippen molar-refractivity contribution in [3.05, 3.63) is 24.3 Å². The Morgan fingerprint density at radius 3 is 2.53 bits per heavy atom.